The van der Waals surface area contributed by atoms with Gasteiger partial charge in [-0.1, -0.05) is 36.4 Å². The minimum absolute atomic E-state index is 0.0992. The lowest BCUT2D eigenvalue weighted by Gasteiger charge is -2.26. The van der Waals surface area contributed by atoms with Crippen LogP contribution in [0.4, 0.5) is 0 Å². The van der Waals surface area contributed by atoms with Crippen LogP contribution >= 0.6 is 0 Å². The summed E-state index contributed by atoms with van der Waals surface area (Å²) in [6.45, 7) is -0.142. The smallest absolute Gasteiger partial charge is 0.244 e. The van der Waals surface area contributed by atoms with Gasteiger partial charge in [0, 0.05) is 18.0 Å². The second-order valence-corrected chi connectivity index (χ2v) is 7.03. The number of carbonyl (C=O) groups is 2. The topological polar surface area (TPSA) is 110 Å². The van der Waals surface area contributed by atoms with Crippen LogP contribution in [0, 0.1) is 5.92 Å². The number of benzene rings is 1. The van der Waals surface area contributed by atoms with Crippen molar-refractivity contribution in [2.75, 3.05) is 12.8 Å². The Morgan fingerprint density at radius 3 is 2.48 bits per heavy atom. The zero-order valence-electron chi connectivity index (χ0n) is 12.5. The number of nitrogens with two attached hydrogens (primary N) is 1. The number of hydrogen-bond acceptors (Lipinski definition) is 6. The van der Waals surface area contributed by atoms with Crippen LogP contribution in [0.1, 0.15) is 10.4 Å². The van der Waals surface area contributed by atoms with Gasteiger partial charge >= 0.3 is 0 Å². The van der Waals surface area contributed by atoms with E-state index in [0.29, 0.717) is 5.56 Å². The summed E-state index contributed by atoms with van der Waals surface area (Å²) in [6.07, 6.45) is 5.19. The maximum absolute atomic E-state index is 12.3. The van der Waals surface area contributed by atoms with Crippen LogP contribution < -0.4 is 11.3 Å². The van der Waals surface area contributed by atoms with Crippen molar-refractivity contribution in [1.82, 2.24) is 10.3 Å². The van der Waals surface area contributed by atoms with Crippen LogP contribution in [0.5, 0.6) is 0 Å². The minimum Gasteiger partial charge on any atom is -0.331 e. The van der Waals surface area contributed by atoms with Crippen molar-refractivity contribution in [1.29, 1.82) is 0 Å². The van der Waals surface area contributed by atoms with E-state index in [0.717, 1.165) is 6.26 Å². The van der Waals surface area contributed by atoms with Crippen molar-refractivity contribution < 1.29 is 18.0 Å². The van der Waals surface area contributed by atoms with E-state index >= 15 is 0 Å². The van der Waals surface area contributed by atoms with Crippen molar-refractivity contribution in [2.24, 2.45) is 11.8 Å². The van der Waals surface area contributed by atoms with Crippen molar-refractivity contribution in [3.63, 3.8) is 0 Å². The number of ketones is 1. The summed E-state index contributed by atoms with van der Waals surface area (Å²) in [6, 6.07) is 8.56. The average Bonchev–Trinajstić information content (AvgIpc) is 2.54. The molecule has 1 heterocycles. The first kappa shape index (κ1) is 16.9. The van der Waals surface area contributed by atoms with E-state index in [-0.39, 0.29) is 17.4 Å². The molecule has 0 spiro atoms. The second kappa shape index (κ2) is 6.76. The highest BCUT2D eigenvalue weighted by atomic mass is 32.2. The van der Waals surface area contributed by atoms with Crippen LogP contribution in [0.25, 0.3) is 0 Å². The Morgan fingerprint density at radius 1 is 1.26 bits per heavy atom. The van der Waals surface area contributed by atoms with E-state index in [4.69, 9.17) is 5.84 Å². The fourth-order valence-corrected chi connectivity index (χ4v) is 3.12. The first-order chi connectivity index (χ1) is 10.8. The predicted molar refractivity (Wildman–Crippen MR) is 85.4 cm³/mol. The number of hydrogen-bond donors (Lipinski definition) is 2. The van der Waals surface area contributed by atoms with Gasteiger partial charge in [-0.25, -0.2) is 14.3 Å². The summed E-state index contributed by atoms with van der Waals surface area (Å²) in [7, 11) is -3.61. The van der Waals surface area contributed by atoms with Crippen LogP contribution in [-0.4, -0.2) is 37.8 Å². The quantitative estimate of drug-likeness (QED) is 0.344. The highest BCUT2D eigenvalue weighted by Crippen LogP contribution is 2.22. The molecule has 0 bridgehead atoms. The fourth-order valence-electron chi connectivity index (χ4n) is 2.17. The molecule has 1 aliphatic heterocycles. The van der Waals surface area contributed by atoms with Gasteiger partial charge in [0.05, 0.1) is 12.5 Å². The highest BCUT2D eigenvalue weighted by Gasteiger charge is 2.27. The average molecular weight is 335 g/mol. The summed E-state index contributed by atoms with van der Waals surface area (Å²) in [5, 5.41) is -0.0992. The summed E-state index contributed by atoms with van der Waals surface area (Å²) in [5.74, 6) is 3.51. The van der Waals surface area contributed by atoms with Gasteiger partial charge in [-0.05, 0) is 6.08 Å². The molecule has 1 aliphatic rings. The number of Topliss-reactive ketones (excluding diaryl/α,β-unsaturated/α-hetero) is 1. The van der Waals surface area contributed by atoms with Crippen LogP contribution in [0.15, 0.2) is 53.7 Å². The molecule has 8 heteroatoms. The van der Waals surface area contributed by atoms with Gasteiger partial charge < -0.3 is 4.90 Å². The first-order valence-electron chi connectivity index (χ1n) is 6.78. The maximum atomic E-state index is 12.3. The molecule has 1 atom stereocenters. The molecular formula is C15H17N3O4S. The molecule has 0 saturated carbocycles. The number of nitrogens with one attached hydrogen (secondary N) is 1. The molecule has 3 N–H and O–H groups in total. The van der Waals surface area contributed by atoms with Crippen molar-refractivity contribution in [2.45, 2.75) is 0 Å². The lowest BCUT2D eigenvalue weighted by molar-refractivity contribution is -0.122. The van der Waals surface area contributed by atoms with Gasteiger partial charge in [0.2, 0.25) is 5.91 Å². The fraction of sp³-hybridized carbons (Fsp3) is 0.200. The summed E-state index contributed by atoms with van der Waals surface area (Å²) < 4.78 is 23.9. The molecule has 0 aromatic heterocycles. The molecule has 1 amide bonds. The van der Waals surface area contributed by atoms with E-state index in [1.165, 1.54) is 23.3 Å². The number of sulfone groups is 1. The molecule has 23 heavy (non-hydrogen) atoms. The number of hydrazine groups is 1. The third-order valence-corrected chi connectivity index (χ3v) is 4.44. The van der Waals surface area contributed by atoms with Crippen molar-refractivity contribution >= 4 is 21.5 Å². The summed E-state index contributed by atoms with van der Waals surface area (Å²) >= 11 is 0. The molecule has 0 saturated heterocycles. The van der Waals surface area contributed by atoms with Crippen LogP contribution in [-0.2, 0) is 14.6 Å². The Hall–Kier alpha value is -2.45. The van der Waals surface area contributed by atoms with Gasteiger partial charge in [-0.15, -0.1) is 0 Å². The van der Waals surface area contributed by atoms with E-state index in [2.05, 4.69) is 0 Å². The number of rotatable bonds is 5. The van der Waals surface area contributed by atoms with E-state index in [1.807, 2.05) is 5.43 Å². The van der Waals surface area contributed by atoms with E-state index < -0.39 is 21.7 Å². The van der Waals surface area contributed by atoms with Crippen molar-refractivity contribution in [3.8, 4) is 0 Å². The molecule has 2 rings (SSSR count). The van der Waals surface area contributed by atoms with Gasteiger partial charge in [0.15, 0.2) is 15.6 Å². The lowest BCUT2D eigenvalue weighted by atomic mass is 10.1. The van der Waals surface area contributed by atoms with Crippen LogP contribution in [0.2, 0.25) is 0 Å². The standard InChI is InChI=1S/C15H17N3O4S/c1-23(21,22)14-9-12(15(20)17-16)7-8-18(14)10-13(19)11-5-3-2-4-6-11/h2-9,12H,10,16H2,1H3,(H,17,20). The van der Waals surface area contributed by atoms with Crippen LogP contribution in [0.3, 0.4) is 0 Å². The molecule has 0 aliphatic carbocycles. The third-order valence-electron chi connectivity index (χ3n) is 3.31. The molecule has 0 radical (unpaired) electrons. The SMILES string of the molecule is CS(=O)(=O)C1=CC(C(=O)NN)C=CN1CC(=O)c1ccccc1. The van der Waals surface area contributed by atoms with Gasteiger partial charge in [-0.3, -0.25) is 15.0 Å². The molecule has 1 aromatic carbocycles. The zero-order valence-corrected chi connectivity index (χ0v) is 13.3. The summed E-state index contributed by atoms with van der Waals surface area (Å²) in [5.41, 5.74) is 2.46. The monoisotopic (exact) mass is 335 g/mol. The third kappa shape index (κ3) is 4.05. The molecule has 1 aromatic rings. The molecule has 122 valence electrons. The Bertz CT molecular complexity index is 769. The molecule has 1 unspecified atom stereocenters. The molecule has 7 nitrogen and oxygen atoms in total. The number of carbonyl (C=O) groups excluding carboxylic acids is 2. The maximum Gasteiger partial charge on any atom is 0.244 e. The van der Waals surface area contributed by atoms with E-state index in [9.17, 15) is 18.0 Å². The minimum atomic E-state index is -3.61. The van der Waals surface area contributed by atoms with Gasteiger partial charge in [0.1, 0.15) is 5.03 Å². The Labute approximate surface area is 134 Å². The normalized spacial score (nSPS) is 17.6. The van der Waals surface area contributed by atoms with E-state index in [1.54, 1.807) is 30.3 Å². The molecular weight excluding hydrogens is 318 g/mol. The molecule has 0 fully saturated rings. The predicted octanol–water partition coefficient (Wildman–Crippen LogP) is 0.191. The van der Waals surface area contributed by atoms with Gasteiger partial charge in [-0.2, -0.15) is 0 Å². The summed E-state index contributed by atoms with van der Waals surface area (Å²) in [4.78, 5) is 25.1. The Balaban J connectivity index is 2.26. The van der Waals surface area contributed by atoms with Gasteiger partial charge in [0.25, 0.3) is 0 Å². The number of amides is 1. The zero-order chi connectivity index (χ0) is 17.0. The number of nitrogens with zero attached hydrogens (tertiary/aromatic N) is 1. The lowest BCUT2D eigenvalue weighted by Crippen LogP contribution is -2.38. The highest BCUT2D eigenvalue weighted by molar-refractivity contribution is 7.94. The second-order valence-electron chi connectivity index (χ2n) is 5.07. The van der Waals surface area contributed by atoms with Crippen molar-refractivity contribution in [3.05, 3.63) is 59.3 Å². The first-order valence-corrected chi connectivity index (χ1v) is 8.67. The largest absolute Gasteiger partial charge is 0.331 e. The Morgan fingerprint density at radius 2 is 1.91 bits per heavy atom. The Kier molecular flexibility index (Phi) is 4.97.